The lowest BCUT2D eigenvalue weighted by Crippen LogP contribution is -2.50. The summed E-state index contributed by atoms with van der Waals surface area (Å²) in [7, 11) is 0. The smallest absolute Gasteiger partial charge is 0.240 e. The summed E-state index contributed by atoms with van der Waals surface area (Å²) >= 11 is 0. The van der Waals surface area contributed by atoms with Gasteiger partial charge in [0.15, 0.2) is 0 Å². The van der Waals surface area contributed by atoms with Gasteiger partial charge in [-0.1, -0.05) is 96.2 Å². The van der Waals surface area contributed by atoms with E-state index in [2.05, 4.69) is 34.7 Å². The third-order valence-corrected chi connectivity index (χ3v) is 5.58. The largest absolute Gasteiger partial charge is 0.391 e. The lowest BCUT2D eigenvalue weighted by Gasteiger charge is -2.30. The number of piperidine rings is 1. The molecule has 1 heterocycles. The van der Waals surface area contributed by atoms with Crippen molar-refractivity contribution in [3.63, 3.8) is 0 Å². The molecule has 0 saturated carbocycles. The van der Waals surface area contributed by atoms with Crippen molar-refractivity contribution < 1.29 is 9.63 Å². The van der Waals surface area contributed by atoms with Crippen LogP contribution in [-0.2, 0) is 29.3 Å². The molecule has 0 unspecified atom stereocenters. The van der Waals surface area contributed by atoms with Gasteiger partial charge in [0.05, 0.1) is 11.8 Å². The van der Waals surface area contributed by atoms with Gasteiger partial charge in [-0.05, 0) is 29.5 Å². The Morgan fingerprint density at radius 3 is 1.88 bits per heavy atom. The molecule has 1 aliphatic heterocycles. The maximum atomic E-state index is 13.4. The van der Waals surface area contributed by atoms with Gasteiger partial charge in [0, 0.05) is 19.6 Å². The second-order valence-corrected chi connectivity index (χ2v) is 8.05. The Hall–Kier alpha value is -3.44. The highest BCUT2D eigenvalue weighted by Gasteiger charge is 2.28. The second kappa shape index (κ2) is 11.3. The van der Waals surface area contributed by atoms with Crippen LogP contribution in [0.5, 0.6) is 0 Å². The highest BCUT2D eigenvalue weighted by atomic mass is 16.6. The average Bonchev–Trinajstić information content (AvgIpc) is 2.86. The molecule has 5 nitrogen and oxygen atoms in total. The fourth-order valence-electron chi connectivity index (χ4n) is 3.84. The topological polar surface area (TPSA) is 53.9 Å². The van der Waals surface area contributed by atoms with Crippen molar-refractivity contribution in [3.8, 4) is 0 Å². The van der Waals surface area contributed by atoms with Gasteiger partial charge in [-0.3, -0.25) is 4.79 Å². The number of carbonyl (C=O) groups excluding carboxylic acids is 1. The van der Waals surface area contributed by atoms with Crippen molar-refractivity contribution >= 4 is 11.6 Å². The molecule has 164 valence electrons. The highest BCUT2D eigenvalue weighted by Crippen LogP contribution is 2.16. The van der Waals surface area contributed by atoms with E-state index >= 15 is 0 Å². The molecule has 1 fully saturated rings. The molecule has 32 heavy (non-hydrogen) atoms. The van der Waals surface area contributed by atoms with Crippen molar-refractivity contribution in [3.05, 3.63) is 108 Å². The SMILES string of the molecule is O=C([C@@H]1CC/C(=N\OCc2ccccc2)CN1)N(Cc1ccccc1)Cc1ccccc1. The minimum absolute atomic E-state index is 0.127. The minimum Gasteiger partial charge on any atom is -0.391 e. The Kier molecular flexibility index (Phi) is 7.66. The summed E-state index contributed by atoms with van der Waals surface area (Å²) in [5.74, 6) is 0.127. The van der Waals surface area contributed by atoms with Crippen LogP contribution in [0.25, 0.3) is 0 Å². The Balaban J connectivity index is 1.35. The van der Waals surface area contributed by atoms with Gasteiger partial charge in [-0.2, -0.15) is 0 Å². The number of hydrogen-bond donors (Lipinski definition) is 1. The van der Waals surface area contributed by atoms with Gasteiger partial charge in [-0.15, -0.1) is 0 Å². The number of rotatable bonds is 8. The molecule has 5 heteroatoms. The van der Waals surface area contributed by atoms with E-state index in [9.17, 15) is 4.79 Å². The van der Waals surface area contributed by atoms with Gasteiger partial charge >= 0.3 is 0 Å². The van der Waals surface area contributed by atoms with E-state index in [0.29, 0.717) is 32.7 Å². The average molecular weight is 428 g/mol. The van der Waals surface area contributed by atoms with Crippen molar-refractivity contribution in [1.29, 1.82) is 0 Å². The minimum atomic E-state index is -0.213. The van der Waals surface area contributed by atoms with Crippen LogP contribution in [0.3, 0.4) is 0 Å². The molecular formula is C27H29N3O2. The maximum Gasteiger partial charge on any atom is 0.240 e. The Bertz CT molecular complexity index is 955. The van der Waals surface area contributed by atoms with Crippen molar-refractivity contribution in [2.24, 2.45) is 5.16 Å². The molecule has 0 aliphatic carbocycles. The summed E-state index contributed by atoms with van der Waals surface area (Å²) < 4.78 is 0. The Morgan fingerprint density at radius 1 is 0.844 bits per heavy atom. The van der Waals surface area contributed by atoms with E-state index in [1.807, 2.05) is 71.6 Å². The van der Waals surface area contributed by atoms with Gasteiger partial charge in [0.25, 0.3) is 0 Å². The quantitative estimate of drug-likeness (QED) is 0.537. The summed E-state index contributed by atoms with van der Waals surface area (Å²) in [6, 6.07) is 30.1. The molecule has 4 rings (SSSR count). The Morgan fingerprint density at radius 2 is 1.38 bits per heavy atom. The first kappa shape index (κ1) is 21.8. The fraction of sp³-hybridized carbons (Fsp3) is 0.259. The van der Waals surface area contributed by atoms with Crippen LogP contribution in [0.2, 0.25) is 0 Å². The third kappa shape index (κ3) is 6.28. The van der Waals surface area contributed by atoms with Crippen LogP contribution in [0, 0.1) is 0 Å². The molecule has 3 aromatic carbocycles. The third-order valence-electron chi connectivity index (χ3n) is 5.58. The number of amides is 1. The zero-order valence-electron chi connectivity index (χ0n) is 18.2. The fourth-order valence-corrected chi connectivity index (χ4v) is 3.84. The zero-order chi connectivity index (χ0) is 22.0. The van der Waals surface area contributed by atoms with E-state index in [1.54, 1.807) is 0 Å². The number of oxime groups is 1. The van der Waals surface area contributed by atoms with E-state index in [-0.39, 0.29) is 11.9 Å². The molecule has 0 spiro atoms. The molecule has 0 aromatic heterocycles. The van der Waals surface area contributed by atoms with E-state index in [0.717, 1.165) is 28.8 Å². The van der Waals surface area contributed by atoms with Crippen LogP contribution in [0.1, 0.15) is 29.5 Å². The number of nitrogens with one attached hydrogen (secondary N) is 1. The van der Waals surface area contributed by atoms with Crippen LogP contribution >= 0.6 is 0 Å². The van der Waals surface area contributed by atoms with Gasteiger partial charge in [0.1, 0.15) is 6.61 Å². The number of nitrogens with zero attached hydrogens (tertiary/aromatic N) is 2. The highest BCUT2D eigenvalue weighted by molar-refractivity contribution is 5.90. The van der Waals surface area contributed by atoms with Crippen molar-refractivity contribution in [1.82, 2.24) is 10.2 Å². The van der Waals surface area contributed by atoms with Gasteiger partial charge in [-0.25, -0.2) is 0 Å². The predicted octanol–water partition coefficient (Wildman–Crippen LogP) is 4.54. The molecule has 1 amide bonds. The number of carbonyl (C=O) groups is 1. The van der Waals surface area contributed by atoms with Crippen molar-refractivity contribution in [2.45, 2.75) is 38.6 Å². The summed E-state index contributed by atoms with van der Waals surface area (Å²) in [4.78, 5) is 20.9. The molecule has 3 aromatic rings. The van der Waals surface area contributed by atoms with Crippen LogP contribution in [-0.4, -0.2) is 29.1 Å². The lowest BCUT2D eigenvalue weighted by atomic mass is 10.0. The maximum absolute atomic E-state index is 13.4. The number of benzene rings is 3. The number of hydrogen-bond acceptors (Lipinski definition) is 4. The molecule has 1 atom stereocenters. The summed E-state index contributed by atoms with van der Waals surface area (Å²) in [5, 5.41) is 7.65. The normalized spacial score (nSPS) is 17.1. The van der Waals surface area contributed by atoms with Crippen LogP contribution in [0.4, 0.5) is 0 Å². The molecule has 0 radical (unpaired) electrons. The summed E-state index contributed by atoms with van der Waals surface area (Å²) in [5.41, 5.74) is 4.29. The van der Waals surface area contributed by atoms with Crippen LogP contribution in [0.15, 0.2) is 96.2 Å². The summed E-state index contributed by atoms with van der Waals surface area (Å²) in [6.45, 7) is 2.20. The van der Waals surface area contributed by atoms with E-state index in [4.69, 9.17) is 4.84 Å². The van der Waals surface area contributed by atoms with Gasteiger partial charge in [0.2, 0.25) is 5.91 Å². The first-order valence-corrected chi connectivity index (χ1v) is 11.1. The molecule has 1 saturated heterocycles. The van der Waals surface area contributed by atoms with Gasteiger partial charge < -0.3 is 15.1 Å². The predicted molar refractivity (Wildman–Crippen MR) is 127 cm³/mol. The first-order chi connectivity index (χ1) is 15.8. The van der Waals surface area contributed by atoms with Crippen molar-refractivity contribution in [2.75, 3.05) is 6.54 Å². The molecule has 0 bridgehead atoms. The molecule has 1 aliphatic rings. The van der Waals surface area contributed by atoms with E-state index < -0.39 is 0 Å². The lowest BCUT2D eigenvalue weighted by molar-refractivity contribution is -0.135. The van der Waals surface area contributed by atoms with Crippen LogP contribution < -0.4 is 5.32 Å². The monoisotopic (exact) mass is 427 g/mol. The standard InChI is InChI=1S/C27H29N3O2/c31-27(26-17-16-25(18-28-26)29-32-21-24-14-8-3-9-15-24)30(19-22-10-4-1-5-11-22)20-23-12-6-2-7-13-23/h1-15,26,28H,16-21H2/b29-25+/t26-/m0/s1. The molecular weight excluding hydrogens is 398 g/mol. The Labute approximate surface area is 189 Å². The van der Waals surface area contributed by atoms with E-state index in [1.165, 1.54) is 0 Å². The molecule has 1 N–H and O–H groups in total. The zero-order valence-corrected chi connectivity index (χ0v) is 18.2. The summed E-state index contributed by atoms with van der Waals surface area (Å²) in [6.07, 6.45) is 1.47. The first-order valence-electron chi connectivity index (χ1n) is 11.1. The second-order valence-electron chi connectivity index (χ2n) is 8.05.